The molecular formula is C23H25FN2O4S. The molecule has 2 aromatic carbocycles. The second-order valence-corrected chi connectivity index (χ2v) is 7.57. The van der Waals surface area contributed by atoms with Gasteiger partial charge < -0.3 is 14.8 Å². The molecule has 0 aromatic heterocycles. The van der Waals surface area contributed by atoms with Crippen LogP contribution in [0.25, 0.3) is 0 Å². The molecule has 8 heteroatoms. The molecule has 2 amide bonds. The number of hydrogen-bond donors (Lipinski definition) is 1. The number of rotatable bonds is 8. The van der Waals surface area contributed by atoms with Gasteiger partial charge in [0, 0.05) is 17.0 Å². The molecule has 0 saturated heterocycles. The van der Waals surface area contributed by atoms with Crippen LogP contribution in [0.2, 0.25) is 0 Å². The Morgan fingerprint density at radius 3 is 2.48 bits per heavy atom. The Bertz CT molecular complexity index is 978. The van der Waals surface area contributed by atoms with Gasteiger partial charge in [-0.15, -0.1) is 11.8 Å². The van der Waals surface area contributed by atoms with E-state index in [0.717, 1.165) is 4.90 Å². The van der Waals surface area contributed by atoms with Crippen LogP contribution < -0.4 is 10.1 Å². The van der Waals surface area contributed by atoms with Gasteiger partial charge in [-0.1, -0.05) is 18.2 Å². The molecule has 1 heterocycles. The highest BCUT2D eigenvalue weighted by Crippen LogP contribution is 2.33. The van der Waals surface area contributed by atoms with Crippen molar-refractivity contribution in [1.82, 2.24) is 10.2 Å². The third-order valence-electron chi connectivity index (χ3n) is 4.90. The Balaban J connectivity index is 2.04. The Kier molecular flexibility index (Phi) is 7.57. The van der Waals surface area contributed by atoms with Crippen molar-refractivity contribution < 1.29 is 23.5 Å². The average molecular weight is 445 g/mol. The van der Waals surface area contributed by atoms with Gasteiger partial charge in [0.2, 0.25) is 0 Å². The summed E-state index contributed by atoms with van der Waals surface area (Å²) >= 11 is 1.61. The fourth-order valence-corrected chi connectivity index (χ4v) is 3.82. The lowest BCUT2D eigenvalue weighted by Crippen LogP contribution is -2.49. The lowest BCUT2D eigenvalue weighted by atomic mass is 9.94. The maximum absolute atomic E-state index is 14.6. The number of benzene rings is 2. The lowest BCUT2D eigenvalue weighted by molar-refractivity contribution is -0.139. The van der Waals surface area contributed by atoms with Crippen molar-refractivity contribution in [3.05, 3.63) is 71.2 Å². The van der Waals surface area contributed by atoms with Crippen LogP contribution in [0.5, 0.6) is 5.75 Å². The molecule has 3 rings (SSSR count). The first kappa shape index (κ1) is 22.7. The SMILES string of the molecule is CCOC(=O)C1=C(COc2ccc(SC)cc2)N(CC)C(=O)NC1c1ccccc1F. The third-order valence-corrected chi connectivity index (χ3v) is 5.64. The summed E-state index contributed by atoms with van der Waals surface area (Å²) in [6, 6.07) is 12.1. The Morgan fingerprint density at radius 2 is 1.87 bits per heavy atom. The fraction of sp³-hybridized carbons (Fsp3) is 0.304. The van der Waals surface area contributed by atoms with Gasteiger partial charge in [0.25, 0.3) is 0 Å². The zero-order valence-electron chi connectivity index (χ0n) is 17.7. The van der Waals surface area contributed by atoms with Gasteiger partial charge in [0.05, 0.1) is 23.9 Å². The number of esters is 1. The highest BCUT2D eigenvalue weighted by atomic mass is 32.2. The second-order valence-electron chi connectivity index (χ2n) is 6.69. The average Bonchev–Trinajstić information content (AvgIpc) is 2.78. The van der Waals surface area contributed by atoms with E-state index >= 15 is 0 Å². The molecule has 0 radical (unpaired) electrons. The first-order valence-corrected chi connectivity index (χ1v) is 11.2. The number of nitrogens with one attached hydrogen (secondary N) is 1. The molecule has 31 heavy (non-hydrogen) atoms. The largest absolute Gasteiger partial charge is 0.487 e. The van der Waals surface area contributed by atoms with Gasteiger partial charge in [-0.25, -0.2) is 14.0 Å². The van der Waals surface area contributed by atoms with Crippen molar-refractivity contribution in [3.8, 4) is 5.75 Å². The van der Waals surface area contributed by atoms with E-state index in [4.69, 9.17) is 9.47 Å². The number of halogens is 1. The van der Waals surface area contributed by atoms with Crippen LogP contribution in [0.3, 0.4) is 0 Å². The first-order chi connectivity index (χ1) is 15.0. The topological polar surface area (TPSA) is 67.9 Å². The van der Waals surface area contributed by atoms with Crippen LogP contribution in [0, 0.1) is 5.82 Å². The zero-order valence-corrected chi connectivity index (χ0v) is 18.5. The van der Waals surface area contributed by atoms with Gasteiger partial charge in [-0.3, -0.25) is 4.90 Å². The van der Waals surface area contributed by atoms with E-state index in [9.17, 15) is 14.0 Å². The van der Waals surface area contributed by atoms with Crippen molar-refractivity contribution in [2.75, 3.05) is 26.0 Å². The number of carbonyl (C=O) groups is 2. The number of hydrogen-bond acceptors (Lipinski definition) is 5. The Labute approximate surface area is 185 Å². The second kappa shape index (κ2) is 10.3. The van der Waals surface area contributed by atoms with E-state index in [1.54, 1.807) is 43.8 Å². The Morgan fingerprint density at radius 1 is 1.16 bits per heavy atom. The number of thioether (sulfide) groups is 1. The van der Waals surface area contributed by atoms with Crippen molar-refractivity contribution in [2.24, 2.45) is 0 Å². The molecule has 0 fully saturated rings. The van der Waals surface area contributed by atoms with E-state index in [1.165, 1.54) is 11.0 Å². The van der Waals surface area contributed by atoms with E-state index in [0.29, 0.717) is 18.0 Å². The third kappa shape index (κ3) is 5.02. The molecule has 1 N–H and O–H groups in total. The van der Waals surface area contributed by atoms with Gasteiger partial charge in [0.1, 0.15) is 18.2 Å². The summed E-state index contributed by atoms with van der Waals surface area (Å²) < 4.78 is 25.7. The normalized spacial score (nSPS) is 16.2. The maximum Gasteiger partial charge on any atom is 0.338 e. The molecule has 0 spiro atoms. The van der Waals surface area contributed by atoms with Crippen molar-refractivity contribution in [2.45, 2.75) is 24.8 Å². The smallest absolute Gasteiger partial charge is 0.338 e. The van der Waals surface area contributed by atoms with E-state index < -0.39 is 23.9 Å². The summed E-state index contributed by atoms with van der Waals surface area (Å²) in [5, 5.41) is 2.74. The minimum atomic E-state index is -0.979. The molecule has 1 aliphatic rings. The number of amides is 2. The Hall–Kier alpha value is -3.00. The quantitative estimate of drug-likeness (QED) is 0.479. The van der Waals surface area contributed by atoms with Crippen LogP contribution in [0.4, 0.5) is 9.18 Å². The minimum absolute atomic E-state index is 0.0427. The van der Waals surface area contributed by atoms with Crippen LogP contribution in [0.1, 0.15) is 25.5 Å². The summed E-state index contributed by atoms with van der Waals surface area (Å²) in [5.41, 5.74) is 0.706. The molecule has 164 valence electrons. The molecule has 0 aliphatic carbocycles. The molecule has 1 unspecified atom stereocenters. The summed E-state index contributed by atoms with van der Waals surface area (Å²) in [6.45, 7) is 3.90. The summed E-state index contributed by atoms with van der Waals surface area (Å²) in [7, 11) is 0. The molecule has 0 saturated carbocycles. The number of urea groups is 1. The number of carbonyl (C=O) groups excluding carboxylic acids is 2. The van der Waals surface area contributed by atoms with Crippen molar-refractivity contribution in [3.63, 3.8) is 0 Å². The van der Waals surface area contributed by atoms with Crippen LogP contribution in [-0.2, 0) is 9.53 Å². The predicted octanol–water partition coefficient (Wildman–Crippen LogP) is 4.53. The monoisotopic (exact) mass is 444 g/mol. The van der Waals surface area contributed by atoms with Gasteiger partial charge in [-0.2, -0.15) is 0 Å². The fourth-order valence-electron chi connectivity index (χ4n) is 3.41. The first-order valence-electron chi connectivity index (χ1n) is 9.99. The van der Waals surface area contributed by atoms with Crippen LogP contribution >= 0.6 is 11.8 Å². The number of nitrogens with zero attached hydrogens (tertiary/aromatic N) is 1. The van der Waals surface area contributed by atoms with E-state index in [2.05, 4.69) is 5.32 Å². The highest BCUT2D eigenvalue weighted by Gasteiger charge is 2.38. The summed E-state index contributed by atoms with van der Waals surface area (Å²) in [4.78, 5) is 28.2. The maximum atomic E-state index is 14.6. The van der Waals surface area contributed by atoms with Crippen molar-refractivity contribution in [1.29, 1.82) is 0 Å². The molecule has 0 bridgehead atoms. The molecule has 1 aliphatic heterocycles. The van der Waals surface area contributed by atoms with Crippen LogP contribution in [0.15, 0.2) is 64.7 Å². The molecule has 1 atom stereocenters. The summed E-state index contributed by atoms with van der Waals surface area (Å²) in [6.07, 6.45) is 1.98. The van der Waals surface area contributed by atoms with Crippen molar-refractivity contribution >= 4 is 23.8 Å². The standard InChI is InChI=1S/C23H25FN2O4S/c1-4-26-19(14-30-15-10-12-16(31-3)13-11-15)20(22(27)29-5-2)21(25-23(26)28)17-8-6-7-9-18(17)24/h6-13,21H,4-5,14H2,1-3H3,(H,25,28). The van der Waals surface area contributed by atoms with Gasteiger partial charge >= 0.3 is 12.0 Å². The van der Waals surface area contributed by atoms with Crippen LogP contribution in [-0.4, -0.2) is 42.9 Å². The molecule has 6 nitrogen and oxygen atoms in total. The number of ether oxygens (including phenoxy) is 2. The van der Waals surface area contributed by atoms with E-state index in [1.807, 2.05) is 30.5 Å². The highest BCUT2D eigenvalue weighted by molar-refractivity contribution is 7.98. The summed E-state index contributed by atoms with van der Waals surface area (Å²) in [5.74, 6) is -0.545. The van der Waals surface area contributed by atoms with Gasteiger partial charge in [-0.05, 0) is 50.4 Å². The molecule has 2 aromatic rings. The zero-order chi connectivity index (χ0) is 22.4. The molecular weight excluding hydrogens is 419 g/mol. The van der Waals surface area contributed by atoms with Gasteiger partial charge in [0.15, 0.2) is 0 Å². The minimum Gasteiger partial charge on any atom is -0.487 e. The number of likely N-dealkylation sites (N-methyl/N-ethyl adjacent to an activating group) is 1. The van der Waals surface area contributed by atoms with E-state index in [-0.39, 0.29) is 24.4 Å². The lowest BCUT2D eigenvalue weighted by Gasteiger charge is -2.36. The predicted molar refractivity (Wildman–Crippen MR) is 117 cm³/mol.